The second kappa shape index (κ2) is 6.24. The van der Waals surface area contributed by atoms with Crippen molar-refractivity contribution >= 4 is 16.7 Å². The van der Waals surface area contributed by atoms with Crippen LogP contribution in [0.1, 0.15) is 24.4 Å². The van der Waals surface area contributed by atoms with Crippen molar-refractivity contribution in [3.8, 4) is 0 Å². The van der Waals surface area contributed by atoms with Crippen molar-refractivity contribution in [2.75, 3.05) is 25.1 Å². The standard InChI is InChI=1S/C19H22N4O/c1-22-13-14(7-6-12-24)19(15-8-2-5-11-18(15)22)23-20-16-9-3-4-10-17(16)21-23/h2-5,8-11,14,19,24H,6-7,12-13H2,1H3. The summed E-state index contributed by atoms with van der Waals surface area (Å²) in [6, 6.07) is 16.6. The minimum absolute atomic E-state index is 0.108. The van der Waals surface area contributed by atoms with Gasteiger partial charge in [0, 0.05) is 37.4 Å². The summed E-state index contributed by atoms with van der Waals surface area (Å²) in [5.41, 5.74) is 4.35. The quantitative estimate of drug-likeness (QED) is 0.802. The lowest BCUT2D eigenvalue weighted by molar-refractivity contribution is 0.243. The van der Waals surface area contributed by atoms with Crippen LogP contribution >= 0.6 is 0 Å². The first-order chi connectivity index (χ1) is 11.8. The Bertz CT molecular complexity index is 811. The normalized spacial score (nSPS) is 20.3. The Morgan fingerprint density at radius 2 is 1.71 bits per heavy atom. The third kappa shape index (κ3) is 2.55. The van der Waals surface area contributed by atoms with Crippen LogP contribution in [0.3, 0.4) is 0 Å². The van der Waals surface area contributed by atoms with E-state index in [0.717, 1.165) is 30.4 Å². The Hall–Kier alpha value is -2.40. The van der Waals surface area contributed by atoms with E-state index >= 15 is 0 Å². The number of aromatic nitrogens is 3. The van der Waals surface area contributed by atoms with Gasteiger partial charge in [-0.05, 0) is 31.0 Å². The van der Waals surface area contributed by atoms with Crippen LogP contribution in [0.25, 0.3) is 11.0 Å². The average Bonchev–Trinajstić information content (AvgIpc) is 3.03. The van der Waals surface area contributed by atoms with Crippen LogP contribution in [0, 0.1) is 5.92 Å². The highest BCUT2D eigenvalue weighted by molar-refractivity contribution is 5.73. The van der Waals surface area contributed by atoms with Crippen molar-refractivity contribution < 1.29 is 5.11 Å². The average molecular weight is 322 g/mol. The van der Waals surface area contributed by atoms with E-state index in [1.54, 1.807) is 0 Å². The van der Waals surface area contributed by atoms with Crippen LogP contribution in [-0.4, -0.2) is 40.3 Å². The van der Waals surface area contributed by atoms with Crippen molar-refractivity contribution in [3.05, 3.63) is 54.1 Å². The molecule has 5 heteroatoms. The van der Waals surface area contributed by atoms with Gasteiger partial charge in [0.2, 0.25) is 0 Å². The van der Waals surface area contributed by atoms with Gasteiger partial charge >= 0.3 is 0 Å². The summed E-state index contributed by atoms with van der Waals surface area (Å²) in [5, 5.41) is 18.8. The van der Waals surface area contributed by atoms with Gasteiger partial charge in [0.25, 0.3) is 0 Å². The van der Waals surface area contributed by atoms with Gasteiger partial charge in [-0.2, -0.15) is 15.0 Å². The lowest BCUT2D eigenvalue weighted by Crippen LogP contribution is -2.38. The van der Waals surface area contributed by atoms with Gasteiger partial charge in [0.15, 0.2) is 0 Å². The molecule has 24 heavy (non-hydrogen) atoms. The highest BCUT2D eigenvalue weighted by Gasteiger charge is 2.34. The maximum atomic E-state index is 9.28. The molecule has 0 radical (unpaired) electrons. The number of aliphatic hydroxyl groups is 1. The van der Waals surface area contributed by atoms with E-state index in [4.69, 9.17) is 10.2 Å². The van der Waals surface area contributed by atoms with Crippen LogP contribution in [0.5, 0.6) is 0 Å². The zero-order valence-corrected chi connectivity index (χ0v) is 13.8. The summed E-state index contributed by atoms with van der Waals surface area (Å²) >= 11 is 0. The second-order valence-corrected chi connectivity index (χ2v) is 6.52. The largest absolute Gasteiger partial charge is 0.396 e. The van der Waals surface area contributed by atoms with Crippen molar-refractivity contribution in [1.29, 1.82) is 0 Å². The molecular weight excluding hydrogens is 300 g/mol. The number of aliphatic hydroxyl groups excluding tert-OH is 1. The molecule has 2 unspecified atom stereocenters. The van der Waals surface area contributed by atoms with Gasteiger partial charge in [-0.15, -0.1) is 0 Å². The molecule has 1 N–H and O–H groups in total. The number of fused-ring (bicyclic) bond motifs is 2. The molecule has 1 aromatic heterocycles. The highest BCUT2D eigenvalue weighted by atomic mass is 16.2. The number of hydrogen-bond acceptors (Lipinski definition) is 4. The molecule has 2 heterocycles. The molecule has 0 fully saturated rings. The van der Waals surface area contributed by atoms with Crippen LogP contribution < -0.4 is 4.90 Å². The van der Waals surface area contributed by atoms with Gasteiger partial charge < -0.3 is 10.0 Å². The zero-order valence-electron chi connectivity index (χ0n) is 13.8. The molecule has 0 amide bonds. The molecule has 3 aromatic rings. The van der Waals surface area contributed by atoms with Gasteiger partial charge in [0.1, 0.15) is 17.1 Å². The van der Waals surface area contributed by atoms with Gasteiger partial charge in [-0.25, -0.2) is 0 Å². The summed E-state index contributed by atoms with van der Waals surface area (Å²) < 4.78 is 0. The number of hydrogen-bond donors (Lipinski definition) is 1. The summed E-state index contributed by atoms with van der Waals surface area (Å²) in [7, 11) is 2.13. The number of rotatable bonds is 4. The number of anilines is 1. The number of nitrogens with zero attached hydrogens (tertiary/aromatic N) is 4. The van der Waals surface area contributed by atoms with E-state index in [1.807, 2.05) is 29.1 Å². The Labute approximate surface area is 141 Å². The summed E-state index contributed by atoms with van der Waals surface area (Å²) in [6.07, 6.45) is 1.76. The van der Waals surface area contributed by atoms with E-state index in [-0.39, 0.29) is 12.6 Å². The third-order valence-electron chi connectivity index (χ3n) is 4.91. The predicted molar refractivity (Wildman–Crippen MR) is 95.2 cm³/mol. The van der Waals surface area contributed by atoms with Crippen molar-refractivity contribution in [2.24, 2.45) is 5.92 Å². The number of benzene rings is 2. The minimum atomic E-state index is 0.108. The molecule has 124 valence electrons. The smallest absolute Gasteiger partial charge is 0.113 e. The summed E-state index contributed by atoms with van der Waals surface area (Å²) in [5.74, 6) is 0.374. The molecular formula is C19H22N4O. The fraction of sp³-hybridized carbons (Fsp3) is 0.368. The van der Waals surface area contributed by atoms with E-state index in [2.05, 4.69) is 36.2 Å². The van der Waals surface area contributed by atoms with Gasteiger partial charge in [-0.1, -0.05) is 30.3 Å². The highest BCUT2D eigenvalue weighted by Crippen LogP contribution is 2.40. The monoisotopic (exact) mass is 322 g/mol. The first-order valence-electron chi connectivity index (χ1n) is 8.50. The Balaban J connectivity index is 1.82. The maximum absolute atomic E-state index is 9.28. The first kappa shape index (κ1) is 15.1. The first-order valence-corrected chi connectivity index (χ1v) is 8.50. The Morgan fingerprint density at radius 1 is 1.04 bits per heavy atom. The Morgan fingerprint density at radius 3 is 2.42 bits per heavy atom. The van der Waals surface area contributed by atoms with Crippen LogP contribution in [0.4, 0.5) is 5.69 Å². The fourth-order valence-corrected chi connectivity index (χ4v) is 3.81. The summed E-state index contributed by atoms with van der Waals surface area (Å²) in [6.45, 7) is 1.17. The molecule has 1 aliphatic rings. The third-order valence-corrected chi connectivity index (χ3v) is 4.91. The van der Waals surface area contributed by atoms with E-state index < -0.39 is 0 Å². The van der Waals surface area contributed by atoms with Crippen molar-refractivity contribution in [1.82, 2.24) is 15.0 Å². The SMILES string of the molecule is CN1CC(CCCO)C(n2nc3ccccc3n2)c2ccccc21. The molecule has 5 nitrogen and oxygen atoms in total. The summed E-state index contributed by atoms with van der Waals surface area (Å²) in [4.78, 5) is 4.19. The molecule has 0 saturated carbocycles. The molecule has 2 aromatic carbocycles. The van der Waals surface area contributed by atoms with Crippen LogP contribution in [0.2, 0.25) is 0 Å². The van der Waals surface area contributed by atoms with E-state index in [1.165, 1.54) is 11.3 Å². The molecule has 0 saturated heterocycles. The van der Waals surface area contributed by atoms with Crippen LogP contribution in [-0.2, 0) is 0 Å². The van der Waals surface area contributed by atoms with Crippen molar-refractivity contribution in [3.63, 3.8) is 0 Å². The lowest BCUT2D eigenvalue weighted by Gasteiger charge is -2.39. The van der Waals surface area contributed by atoms with E-state index in [9.17, 15) is 5.11 Å². The van der Waals surface area contributed by atoms with Crippen LogP contribution in [0.15, 0.2) is 48.5 Å². The minimum Gasteiger partial charge on any atom is -0.396 e. The van der Waals surface area contributed by atoms with E-state index in [0.29, 0.717) is 5.92 Å². The number of para-hydroxylation sites is 1. The van der Waals surface area contributed by atoms with Gasteiger partial charge in [0.05, 0.1) is 0 Å². The molecule has 1 aliphatic heterocycles. The topological polar surface area (TPSA) is 54.2 Å². The fourth-order valence-electron chi connectivity index (χ4n) is 3.81. The zero-order chi connectivity index (χ0) is 16.5. The molecule has 0 aliphatic carbocycles. The molecule has 0 bridgehead atoms. The lowest BCUT2D eigenvalue weighted by atomic mass is 9.85. The Kier molecular flexibility index (Phi) is 3.94. The molecule has 2 atom stereocenters. The second-order valence-electron chi connectivity index (χ2n) is 6.52. The molecule has 0 spiro atoms. The predicted octanol–water partition coefficient (Wildman–Crippen LogP) is 2.86. The maximum Gasteiger partial charge on any atom is 0.113 e. The molecule has 4 rings (SSSR count). The van der Waals surface area contributed by atoms with Crippen molar-refractivity contribution in [2.45, 2.75) is 18.9 Å². The van der Waals surface area contributed by atoms with Gasteiger partial charge in [-0.3, -0.25) is 0 Å².